The fourth-order valence-corrected chi connectivity index (χ4v) is 2.24. The lowest BCUT2D eigenvalue weighted by Gasteiger charge is -2.13. The molecule has 0 aromatic heterocycles. The van der Waals surface area contributed by atoms with Gasteiger partial charge in [0.05, 0.1) is 0 Å². The summed E-state index contributed by atoms with van der Waals surface area (Å²) < 4.78 is 0. The number of urea groups is 1. The van der Waals surface area contributed by atoms with Gasteiger partial charge in [0.1, 0.15) is 0 Å². The first kappa shape index (κ1) is 14.7. The van der Waals surface area contributed by atoms with Crippen LogP contribution >= 0.6 is 23.2 Å². The summed E-state index contributed by atoms with van der Waals surface area (Å²) in [6.07, 6.45) is 0. The Balaban J connectivity index is 2.16. The molecule has 0 atom stereocenters. The van der Waals surface area contributed by atoms with Crippen LogP contribution < -0.4 is 10.6 Å². The van der Waals surface area contributed by atoms with Gasteiger partial charge in [-0.05, 0) is 43.2 Å². The highest BCUT2D eigenvalue weighted by Crippen LogP contribution is 2.32. The average Bonchev–Trinajstić information content (AvgIpc) is 2.43. The lowest BCUT2D eigenvalue weighted by Crippen LogP contribution is -2.20. The van der Waals surface area contributed by atoms with Crippen molar-refractivity contribution in [2.45, 2.75) is 13.8 Å². The molecule has 5 heteroatoms. The van der Waals surface area contributed by atoms with Crippen molar-refractivity contribution >= 4 is 40.6 Å². The summed E-state index contributed by atoms with van der Waals surface area (Å²) in [5.41, 5.74) is 2.91. The lowest BCUT2D eigenvalue weighted by molar-refractivity contribution is 0.262. The van der Waals surface area contributed by atoms with Crippen LogP contribution in [0.5, 0.6) is 0 Å². The van der Waals surface area contributed by atoms with E-state index in [0.717, 1.165) is 11.1 Å². The average molecular weight is 309 g/mol. The third-order valence-electron chi connectivity index (χ3n) is 2.97. The summed E-state index contributed by atoms with van der Waals surface area (Å²) in [4.78, 5) is 11.9. The van der Waals surface area contributed by atoms with Gasteiger partial charge in [-0.1, -0.05) is 41.4 Å². The summed E-state index contributed by atoms with van der Waals surface area (Å²) in [7, 11) is 0. The number of carbonyl (C=O) groups is 1. The van der Waals surface area contributed by atoms with Gasteiger partial charge in [-0.15, -0.1) is 0 Å². The zero-order valence-corrected chi connectivity index (χ0v) is 12.6. The Hall–Kier alpha value is -1.71. The number of para-hydroxylation sites is 1. The second-order valence-electron chi connectivity index (χ2n) is 4.42. The first-order valence-corrected chi connectivity index (χ1v) is 6.83. The molecule has 0 heterocycles. The van der Waals surface area contributed by atoms with Gasteiger partial charge < -0.3 is 10.6 Å². The molecule has 2 N–H and O–H groups in total. The van der Waals surface area contributed by atoms with E-state index in [1.54, 1.807) is 6.07 Å². The molecule has 0 bridgehead atoms. The molecule has 104 valence electrons. The van der Waals surface area contributed by atoms with Crippen LogP contribution in [0.2, 0.25) is 10.0 Å². The quantitative estimate of drug-likeness (QED) is 0.781. The summed E-state index contributed by atoms with van der Waals surface area (Å²) >= 11 is 12.3. The Morgan fingerprint density at radius 2 is 1.65 bits per heavy atom. The Labute approximate surface area is 127 Å². The minimum Gasteiger partial charge on any atom is -0.308 e. The van der Waals surface area contributed by atoms with E-state index in [2.05, 4.69) is 10.6 Å². The summed E-state index contributed by atoms with van der Waals surface area (Å²) in [6.45, 7) is 3.68. The molecule has 0 aliphatic rings. The molecular weight excluding hydrogens is 295 g/mol. The standard InChI is InChI=1S/C15H14Cl2N2O/c1-9-12(16)8-13(10(2)14(9)17)19-15(20)18-11-6-4-3-5-7-11/h3-8H,1-2H3,(H2,18,19,20). The van der Waals surface area contributed by atoms with Crippen LogP contribution in [0.15, 0.2) is 36.4 Å². The monoisotopic (exact) mass is 308 g/mol. The third-order valence-corrected chi connectivity index (χ3v) is 3.93. The molecule has 0 unspecified atom stereocenters. The highest BCUT2D eigenvalue weighted by Gasteiger charge is 2.12. The van der Waals surface area contributed by atoms with E-state index in [4.69, 9.17) is 23.2 Å². The Bertz CT molecular complexity index is 642. The fourth-order valence-electron chi connectivity index (χ4n) is 1.78. The van der Waals surface area contributed by atoms with Crippen molar-refractivity contribution in [3.05, 3.63) is 57.6 Å². The smallest absolute Gasteiger partial charge is 0.308 e. The van der Waals surface area contributed by atoms with Gasteiger partial charge in [0.25, 0.3) is 0 Å². The zero-order valence-electron chi connectivity index (χ0n) is 11.1. The summed E-state index contributed by atoms with van der Waals surface area (Å²) in [6, 6.07) is 10.6. The number of benzene rings is 2. The zero-order chi connectivity index (χ0) is 14.7. The van der Waals surface area contributed by atoms with Crippen molar-refractivity contribution in [1.82, 2.24) is 0 Å². The van der Waals surface area contributed by atoms with Crippen LogP contribution in [0, 0.1) is 13.8 Å². The van der Waals surface area contributed by atoms with E-state index in [1.165, 1.54) is 0 Å². The van der Waals surface area contributed by atoms with Crippen LogP contribution in [0.25, 0.3) is 0 Å². The molecule has 0 radical (unpaired) electrons. The lowest BCUT2D eigenvalue weighted by atomic mass is 10.1. The topological polar surface area (TPSA) is 41.1 Å². The van der Waals surface area contributed by atoms with E-state index >= 15 is 0 Å². The number of anilines is 2. The van der Waals surface area contributed by atoms with Crippen LogP contribution in [-0.4, -0.2) is 6.03 Å². The largest absolute Gasteiger partial charge is 0.323 e. The summed E-state index contributed by atoms with van der Waals surface area (Å²) in [5, 5.41) is 6.57. The van der Waals surface area contributed by atoms with E-state index in [9.17, 15) is 4.79 Å². The van der Waals surface area contributed by atoms with E-state index in [1.807, 2.05) is 44.2 Å². The van der Waals surface area contributed by atoms with Gasteiger partial charge in [0.15, 0.2) is 0 Å². The van der Waals surface area contributed by atoms with Crippen molar-refractivity contribution in [2.75, 3.05) is 10.6 Å². The van der Waals surface area contributed by atoms with Crippen molar-refractivity contribution in [3.63, 3.8) is 0 Å². The molecule has 3 nitrogen and oxygen atoms in total. The number of hydrogen-bond donors (Lipinski definition) is 2. The number of halogens is 2. The maximum atomic E-state index is 11.9. The maximum absolute atomic E-state index is 11.9. The van der Waals surface area contributed by atoms with E-state index in [-0.39, 0.29) is 6.03 Å². The molecule has 2 rings (SSSR count). The first-order valence-electron chi connectivity index (χ1n) is 6.07. The minimum atomic E-state index is -0.338. The number of rotatable bonds is 2. The van der Waals surface area contributed by atoms with Crippen LogP contribution in [0.3, 0.4) is 0 Å². The highest BCUT2D eigenvalue weighted by atomic mass is 35.5. The number of hydrogen-bond acceptors (Lipinski definition) is 1. The van der Waals surface area contributed by atoms with Gasteiger partial charge in [-0.25, -0.2) is 4.79 Å². The molecule has 20 heavy (non-hydrogen) atoms. The molecule has 0 aliphatic carbocycles. The second kappa shape index (κ2) is 6.16. The van der Waals surface area contributed by atoms with Crippen molar-refractivity contribution in [2.24, 2.45) is 0 Å². The molecule has 0 spiro atoms. The molecule has 2 amide bonds. The van der Waals surface area contributed by atoms with Gasteiger partial charge in [-0.2, -0.15) is 0 Å². The summed E-state index contributed by atoms with van der Waals surface area (Å²) in [5.74, 6) is 0. The van der Waals surface area contributed by atoms with Gasteiger partial charge in [-0.3, -0.25) is 0 Å². The Morgan fingerprint density at radius 1 is 1.00 bits per heavy atom. The number of nitrogens with one attached hydrogen (secondary N) is 2. The van der Waals surface area contributed by atoms with Gasteiger partial charge in [0.2, 0.25) is 0 Å². The number of carbonyl (C=O) groups excluding carboxylic acids is 1. The van der Waals surface area contributed by atoms with Crippen LogP contribution in [0.1, 0.15) is 11.1 Å². The molecule has 2 aromatic carbocycles. The predicted molar refractivity (Wildman–Crippen MR) is 85.0 cm³/mol. The molecular formula is C15H14Cl2N2O. The SMILES string of the molecule is Cc1c(Cl)cc(NC(=O)Nc2ccccc2)c(C)c1Cl. The predicted octanol–water partition coefficient (Wildman–Crippen LogP) is 5.25. The molecule has 0 saturated heterocycles. The van der Waals surface area contributed by atoms with Crippen LogP contribution in [0.4, 0.5) is 16.2 Å². The third kappa shape index (κ3) is 3.24. The van der Waals surface area contributed by atoms with Gasteiger partial charge in [0, 0.05) is 21.4 Å². The molecule has 0 fully saturated rings. The fraction of sp³-hybridized carbons (Fsp3) is 0.133. The van der Waals surface area contributed by atoms with Crippen LogP contribution in [-0.2, 0) is 0 Å². The van der Waals surface area contributed by atoms with Crippen molar-refractivity contribution in [3.8, 4) is 0 Å². The van der Waals surface area contributed by atoms with Crippen molar-refractivity contribution < 1.29 is 4.79 Å². The second-order valence-corrected chi connectivity index (χ2v) is 5.20. The minimum absolute atomic E-state index is 0.338. The molecule has 0 aliphatic heterocycles. The van der Waals surface area contributed by atoms with Crippen molar-refractivity contribution in [1.29, 1.82) is 0 Å². The molecule has 0 saturated carbocycles. The Kier molecular flexibility index (Phi) is 4.53. The number of amides is 2. The Morgan fingerprint density at radius 3 is 2.30 bits per heavy atom. The first-order chi connectivity index (χ1) is 9.49. The highest BCUT2D eigenvalue weighted by molar-refractivity contribution is 6.37. The van der Waals surface area contributed by atoms with E-state index in [0.29, 0.717) is 21.4 Å². The van der Waals surface area contributed by atoms with E-state index < -0.39 is 0 Å². The molecule has 2 aromatic rings. The van der Waals surface area contributed by atoms with Gasteiger partial charge >= 0.3 is 6.03 Å². The normalized spacial score (nSPS) is 10.2. The maximum Gasteiger partial charge on any atom is 0.323 e.